The third kappa shape index (κ3) is 2.94. The highest BCUT2D eigenvalue weighted by atomic mass is 15.1. The van der Waals surface area contributed by atoms with Crippen molar-refractivity contribution in [3.8, 4) is 0 Å². The van der Waals surface area contributed by atoms with Crippen molar-refractivity contribution in [3.63, 3.8) is 0 Å². The number of hydrogen-bond donors (Lipinski definition) is 1. The van der Waals surface area contributed by atoms with Gasteiger partial charge in [0.15, 0.2) is 0 Å². The lowest BCUT2D eigenvalue weighted by atomic mass is 10.0. The van der Waals surface area contributed by atoms with Crippen LogP contribution in [0.4, 0.5) is 0 Å². The first-order valence-corrected chi connectivity index (χ1v) is 7.37. The second kappa shape index (κ2) is 5.87. The Labute approximate surface area is 111 Å². The number of rotatable bonds is 3. The summed E-state index contributed by atoms with van der Waals surface area (Å²) in [6.45, 7) is 6.73. The van der Waals surface area contributed by atoms with Crippen LogP contribution in [-0.4, -0.2) is 9.55 Å². The molecule has 0 aliphatic heterocycles. The molecule has 1 aromatic heterocycles. The van der Waals surface area contributed by atoms with E-state index >= 15 is 0 Å². The van der Waals surface area contributed by atoms with Gasteiger partial charge >= 0.3 is 0 Å². The lowest BCUT2D eigenvalue weighted by molar-refractivity contribution is 0.395. The molecule has 2 N–H and O–H groups in total. The summed E-state index contributed by atoms with van der Waals surface area (Å²) in [6.07, 6.45) is 10.5. The molecule has 2 rings (SSSR count). The standard InChI is InChI=1S/C15H27N3/c1-11(2)15(16)14-9-17-10-18(14)13-6-4-5-12(3)7-8-13/h9-13,15H,4-8,16H2,1-3H3. The van der Waals surface area contributed by atoms with Crippen LogP contribution in [0.2, 0.25) is 0 Å². The van der Waals surface area contributed by atoms with E-state index < -0.39 is 0 Å². The Morgan fingerprint density at radius 1 is 1.28 bits per heavy atom. The highest BCUT2D eigenvalue weighted by Crippen LogP contribution is 2.32. The molecule has 3 heteroatoms. The predicted octanol–water partition coefficient (Wildman–Crippen LogP) is 3.68. The van der Waals surface area contributed by atoms with Crippen molar-refractivity contribution in [3.05, 3.63) is 18.2 Å². The van der Waals surface area contributed by atoms with Crippen molar-refractivity contribution in [2.45, 2.75) is 65.0 Å². The normalized spacial score (nSPS) is 27.2. The summed E-state index contributed by atoms with van der Waals surface area (Å²) in [7, 11) is 0. The maximum absolute atomic E-state index is 6.30. The fourth-order valence-electron chi connectivity index (χ4n) is 2.97. The van der Waals surface area contributed by atoms with E-state index in [9.17, 15) is 0 Å². The summed E-state index contributed by atoms with van der Waals surface area (Å²) >= 11 is 0. The van der Waals surface area contributed by atoms with Gasteiger partial charge in [-0.3, -0.25) is 0 Å². The van der Waals surface area contributed by atoms with E-state index in [1.54, 1.807) is 0 Å². The van der Waals surface area contributed by atoms with Crippen molar-refractivity contribution >= 4 is 0 Å². The first kappa shape index (κ1) is 13.6. The van der Waals surface area contributed by atoms with Gasteiger partial charge in [-0.25, -0.2) is 4.98 Å². The largest absolute Gasteiger partial charge is 0.330 e. The van der Waals surface area contributed by atoms with Gasteiger partial charge in [0.25, 0.3) is 0 Å². The molecule has 0 radical (unpaired) electrons. The van der Waals surface area contributed by atoms with E-state index in [0.717, 1.165) is 5.92 Å². The zero-order valence-corrected chi connectivity index (χ0v) is 12.0. The third-order valence-corrected chi connectivity index (χ3v) is 4.38. The van der Waals surface area contributed by atoms with Gasteiger partial charge < -0.3 is 10.3 Å². The molecular formula is C15H27N3. The Morgan fingerprint density at radius 3 is 2.78 bits per heavy atom. The minimum absolute atomic E-state index is 0.105. The van der Waals surface area contributed by atoms with Gasteiger partial charge in [-0.15, -0.1) is 0 Å². The van der Waals surface area contributed by atoms with Gasteiger partial charge in [-0.1, -0.05) is 33.6 Å². The lowest BCUT2D eigenvalue weighted by Gasteiger charge is -2.23. The van der Waals surface area contributed by atoms with Gasteiger partial charge in [0, 0.05) is 18.3 Å². The second-order valence-corrected chi connectivity index (χ2v) is 6.26. The van der Waals surface area contributed by atoms with E-state index in [2.05, 4.69) is 30.3 Å². The highest BCUT2D eigenvalue weighted by Gasteiger charge is 2.22. The van der Waals surface area contributed by atoms with Crippen LogP contribution in [0.25, 0.3) is 0 Å². The van der Waals surface area contributed by atoms with E-state index in [0.29, 0.717) is 12.0 Å². The maximum Gasteiger partial charge on any atom is 0.0951 e. The number of nitrogens with zero attached hydrogens (tertiary/aromatic N) is 2. The topological polar surface area (TPSA) is 43.8 Å². The quantitative estimate of drug-likeness (QED) is 0.830. The van der Waals surface area contributed by atoms with Crippen LogP contribution in [-0.2, 0) is 0 Å². The number of hydrogen-bond acceptors (Lipinski definition) is 2. The zero-order valence-electron chi connectivity index (χ0n) is 12.0. The molecule has 1 aromatic rings. The summed E-state index contributed by atoms with van der Waals surface area (Å²) < 4.78 is 2.35. The fraction of sp³-hybridized carbons (Fsp3) is 0.800. The molecule has 0 amide bonds. The molecule has 1 aliphatic carbocycles. The van der Waals surface area contributed by atoms with E-state index in [1.807, 2.05) is 12.5 Å². The number of nitrogens with two attached hydrogens (primary N) is 1. The predicted molar refractivity (Wildman–Crippen MR) is 75.3 cm³/mol. The molecule has 0 spiro atoms. The molecule has 1 fully saturated rings. The SMILES string of the molecule is CC1CCCC(n2cncc2C(N)C(C)C)CC1. The summed E-state index contributed by atoms with van der Waals surface area (Å²) in [5.74, 6) is 1.34. The molecule has 3 unspecified atom stereocenters. The highest BCUT2D eigenvalue weighted by molar-refractivity contribution is 5.07. The summed E-state index contributed by atoms with van der Waals surface area (Å²) in [6, 6.07) is 0.713. The van der Waals surface area contributed by atoms with Crippen molar-refractivity contribution in [2.75, 3.05) is 0 Å². The van der Waals surface area contributed by atoms with Gasteiger partial charge in [0.2, 0.25) is 0 Å². The van der Waals surface area contributed by atoms with E-state index in [4.69, 9.17) is 5.73 Å². The summed E-state index contributed by atoms with van der Waals surface area (Å²) in [5, 5.41) is 0. The summed E-state index contributed by atoms with van der Waals surface area (Å²) in [5.41, 5.74) is 7.51. The molecule has 0 saturated heterocycles. The third-order valence-electron chi connectivity index (χ3n) is 4.38. The minimum Gasteiger partial charge on any atom is -0.330 e. The lowest BCUT2D eigenvalue weighted by Crippen LogP contribution is -2.22. The van der Waals surface area contributed by atoms with Crippen molar-refractivity contribution in [1.29, 1.82) is 0 Å². The van der Waals surface area contributed by atoms with E-state index in [1.165, 1.54) is 37.8 Å². The van der Waals surface area contributed by atoms with Crippen molar-refractivity contribution in [2.24, 2.45) is 17.6 Å². The second-order valence-electron chi connectivity index (χ2n) is 6.26. The molecular weight excluding hydrogens is 222 g/mol. The van der Waals surface area contributed by atoms with Gasteiger partial charge in [0.1, 0.15) is 0 Å². The van der Waals surface area contributed by atoms with Crippen LogP contribution >= 0.6 is 0 Å². The molecule has 3 nitrogen and oxygen atoms in total. The van der Waals surface area contributed by atoms with Crippen LogP contribution in [0.3, 0.4) is 0 Å². The zero-order chi connectivity index (χ0) is 13.1. The molecule has 1 saturated carbocycles. The Kier molecular flexibility index (Phi) is 4.44. The van der Waals surface area contributed by atoms with Gasteiger partial charge in [-0.2, -0.15) is 0 Å². The molecule has 1 aliphatic rings. The minimum atomic E-state index is 0.105. The number of aromatic nitrogens is 2. The molecule has 0 bridgehead atoms. The monoisotopic (exact) mass is 249 g/mol. The van der Waals surface area contributed by atoms with Crippen LogP contribution in [0.15, 0.2) is 12.5 Å². The molecule has 102 valence electrons. The maximum atomic E-state index is 6.30. The first-order chi connectivity index (χ1) is 8.59. The smallest absolute Gasteiger partial charge is 0.0951 e. The molecule has 1 heterocycles. The Balaban J connectivity index is 2.15. The van der Waals surface area contributed by atoms with E-state index in [-0.39, 0.29) is 6.04 Å². The Hall–Kier alpha value is -0.830. The van der Waals surface area contributed by atoms with Crippen molar-refractivity contribution < 1.29 is 0 Å². The molecule has 18 heavy (non-hydrogen) atoms. The van der Waals surface area contributed by atoms with Crippen molar-refractivity contribution in [1.82, 2.24) is 9.55 Å². The fourth-order valence-corrected chi connectivity index (χ4v) is 2.97. The number of imidazole rings is 1. The Morgan fingerprint density at radius 2 is 2.06 bits per heavy atom. The average molecular weight is 249 g/mol. The van der Waals surface area contributed by atoms with Crippen LogP contribution in [0, 0.1) is 11.8 Å². The van der Waals surface area contributed by atoms with Gasteiger partial charge in [-0.05, 0) is 31.1 Å². The average Bonchev–Trinajstić information content (AvgIpc) is 2.71. The molecule has 3 atom stereocenters. The van der Waals surface area contributed by atoms with Crippen LogP contribution in [0.1, 0.15) is 70.7 Å². The van der Waals surface area contributed by atoms with Gasteiger partial charge in [0.05, 0.1) is 12.0 Å². The van der Waals surface area contributed by atoms with Crippen LogP contribution < -0.4 is 5.73 Å². The van der Waals surface area contributed by atoms with Crippen LogP contribution in [0.5, 0.6) is 0 Å². The molecule has 0 aromatic carbocycles. The Bertz CT molecular complexity index is 370. The summed E-state index contributed by atoms with van der Waals surface area (Å²) in [4.78, 5) is 4.33. The first-order valence-electron chi connectivity index (χ1n) is 7.37.